The van der Waals surface area contributed by atoms with Crippen LogP contribution in [0, 0.1) is 6.92 Å². The van der Waals surface area contributed by atoms with Crippen LogP contribution in [0.1, 0.15) is 5.56 Å². The van der Waals surface area contributed by atoms with Crippen molar-refractivity contribution in [1.82, 2.24) is 29.4 Å². The number of fused-ring (bicyclic) bond motifs is 3. The van der Waals surface area contributed by atoms with E-state index in [0.29, 0.717) is 16.8 Å². The zero-order valence-electron chi connectivity index (χ0n) is 11.4. The highest BCUT2D eigenvalue weighted by molar-refractivity contribution is 6.29. The second-order valence-electron chi connectivity index (χ2n) is 4.97. The van der Waals surface area contributed by atoms with Gasteiger partial charge in [0.1, 0.15) is 0 Å². The largest absolute Gasteiger partial charge is 0.275 e. The van der Waals surface area contributed by atoms with E-state index in [0.717, 1.165) is 22.0 Å². The van der Waals surface area contributed by atoms with Crippen molar-refractivity contribution in [2.75, 3.05) is 0 Å². The van der Waals surface area contributed by atoms with Crippen LogP contribution in [0.25, 0.3) is 27.9 Å². The molecule has 0 bridgehead atoms. The summed E-state index contributed by atoms with van der Waals surface area (Å²) in [6, 6.07) is 5.98. The van der Waals surface area contributed by atoms with E-state index in [9.17, 15) is 0 Å². The fraction of sp³-hybridized carbons (Fsp3) is 0.143. The van der Waals surface area contributed by atoms with E-state index >= 15 is 0 Å². The number of halogens is 1. The summed E-state index contributed by atoms with van der Waals surface area (Å²) in [7, 11) is 1.85. The van der Waals surface area contributed by atoms with Gasteiger partial charge in [-0.25, -0.2) is 9.97 Å². The molecule has 0 N–H and O–H groups in total. The maximum Gasteiger partial charge on any atom is 0.226 e. The minimum atomic E-state index is 0.295. The Kier molecular flexibility index (Phi) is 2.49. The Balaban J connectivity index is 2.08. The third-order valence-electron chi connectivity index (χ3n) is 3.35. The molecule has 0 aliphatic carbocycles. The zero-order valence-corrected chi connectivity index (χ0v) is 12.2. The maximum absolute atomic E-state index is 6.21. The number of aryl methyl sites for hydroxylation is 2. The molecule has 0 saturated carbocycles. The molecule has 0 unspecified atom stereocenters. The molecule has 0 aliphatic rings. The summed E-state index contributed by atoms with van der Waals surface area (Å²) in [6.07, 6.45) is 3.59. The van der Waals surface area contributed by atoms with Crippen LogP contribution in [0.2, 0.25) is 5.28 Å². The number of benzene rings is 1. The predicted octanol–water partition coefficient (Wildman–Crippen LogP) is 2.64. The molecule has 3 heterocycles. The quantitative estimate of drug-likeness (QED) is 0.507. The minimum Gasteiger partial charge on any atom is -0.275 e. The van der Waals surface area contributed by atoms with Gasteiger partial charge < -0.3 is 0 Å². The van der Waals surface area contributed by atoms with Crippen molar-refractivity contribution in [1.29, 1.82) is 0 Å². The van der Waals surface area contributed by atoms with Crippen LogP contribution in [0.4, 0.5) is 0 Å². The number of nitrogens with zero attached hydrogens (tertiary/aromatic N) is 6. The molecule has 7 heteroatoms. The third kappa shape index (κ3) is 1.87. The van der Waals surface area contributed by atoms with E-state index in [4.69, 9.17) is 11.6 Å². The van der Waals surface area contributed by atoms with Crippen LogP contribution in [0.5, 0.6) is 0 Å². The molecule has 0 amide bonds. The molecule has 3 aromatic heterocycles. The van der Waals surface area contributed by atoms with Crippen molar-refractivity contribution in [2.24, 2.45) is 7.05 Å². The first-order chi connectivity index (χ1) is 10.1. The lowest BCUT2D eigenvalue weighted by Crippen LogP contribution is -1.95. The molecule has 0 aliphatic heterocycles. The van der Waals surface area contributed by atoms with Crippen LogP contribution in [0.3, 0.4) is 0 Å². The lowest BCUT2D eigenvalue weighted by molar-refractivity contribution is 0.768. The lowest BCUT2D eigenvalue weighted by atomic mass is 10.2. The molecule has 0 atom stereocenters. The van der Waals surface area contributed by atoms with Gasteiger partial charge in [-0.2, -0.15) is 9.61 Å². The second kappa shape index (κ2) is 4.26. The Morgan fingerprint density at radius 1 is 1.19 bits per heavy atom. The van der Waals surface area contributed by atoms with Gasteiger partial charge in [0.2, 0.25) is 5.28 Å². The molecule has 1 aromatic carbocycles. The van der Waals surface area contributed by atoms with E-state index in [1.807, 2.05) is 38.4 Å². The van der Waals surface area contributed by atoms with Gasteiger partial charge in [0.25, 0.3) is 0 Å². The van der Waals surface area contributed by atoms with Gasteiger partial charge >= 0.3 is 0 Å². The van der Waals surface area contributed by atoms with Gasteiger partial charge in [0.15, 0.2) is 11.5 Å². The van der Waals surface area contributed by atoms with Crippen molar-refractivity contribution in [2.45, 2.75) is 6.92 Å². The second-order valence-corrected chi connectivity index (χ2v) is 5.31. The summed E-state index contributed by atoms with van der Waals surface area (Å²) in [5.41, 5.74) is 3.49. The van der Waals surface area contributed by atoms with Gasteiger partial charge in [-0.05, 0) is 30.7 Å². The number of rotatable bonds is 1. The molecule has 0 radical (unpaired) electrons. The standard InChI is InChI=1S/C14H11ClN6/c1-8-3-4-11-10(5-8)13-18-12(9-6-16-20(2)7-9)19-21(13)14(15)17-11/h3-7H,1-2H3. The maximum atomic E-state index is 6.21. The van der Waals surface area contributed by atoms with Crippen molar-refractivity contribution in [3.05, 3.63) is 41.4 Å². The first-order valence-electron chi connectivity index (χ1n) is 6.43. The van der Waals surface area contributed by atoms with Crippen LogP contribution >= 0.6 is 11.6 Å². The Morgan fingerprint density at radius 2 is 2.05 bits per heavy atom. The molecule has 104 valence electrons. The lowest BCUT2D eigenvalue weighted by Gasteiger charge is -2.01. The van der Waals surface area contributed by atoms with Gasteiger partial charge in [-0.1, -0.05) is 11.6 Å². The van der Waals surface area contributed by atoms with E-state index < -0.39 is 0 Å². The normalized spacial score (nSPS) is 11.6. The number of hydrogen-bond donors (Lipinski definition) is 0. The van der Waals surface area contributed by atoms with Crippen LogP contribution < -0.4 is 0 Å². The van der Waals surface area contributed by atoms with Crippen molar-refractivity contribution >= 4 is 28.2 Å². The Labute approximate surface area is 125 Å². The third-order valence-corrected chi connectivity index (χ3v) is 3.60. The molecule has 6 nitrogen and oxygen atoms in total. The van der Waals surface area contributed by atoms with Gasteiger partial charge in [0, 0.05) is 18.6 Å². The first-order valence-corrected chi connectivity index (χ1v) is 6.81. The highest BCUT2D eigenvalue weighted by atomic mass is 35.5. The van der Waals surface area contributed by atoms with Gasteiger partial charge in [0.05, 0.1) is 17.3 Å². The fourth-order valence-electron chi connectivity index (χ4n) is 2.35. The summed E-state index contributed by atoms with van der Waals surface area (Å²) >= 11 is 6.21. The molecule has 0 saturated heterocycles. The summed E-state index contributed by atoms with van der Waals surface area (Å²) in [4.78, 5) is 8.96. The number of aromatic nitrogens is 6. The molecular weight excluding hydrogens is 288 g/mol. The molecular formula is C14H11ClN6. The molecule has 21 heavy (non-hydrogen) atoms. The van der Waals surface area contributed by atoms with Crippen molar-refractivity contribution < 1.29 is 0 Å². The molecule has 0 fully saturated rings. The molecule has 4 rings (SSSR count). The summed E-state index contributed by atoms with van der Waals surface area (Å²) < 4.78 is 3.27. The monoisotopic (exact) mass is 298 g/mol. The van der Waals surface area contributed by atoms with Crippen molar-refractivity contribution in [3.63, 3.8) is 0 Å². The average Bonchev–Trinajstić information content (AvgIpc) is 3.06. The Hall–Kier alpha value is -2.47. The van der Waals surface area contributed by atoms with Gasteiger partial charge in [-0.3, -0.25) is 4.68 Å². The molecule has 0 spiro atoms. The smallest absolute Gasteiger partial charge is 0.226 e. The van der Waals surface area contributed by atoms with Crippen LogP contribution in [-0.2, 0) is 7.05 Å². The topological polar surface area (TPSA) is 60.9 Å². The zero-order chi connectivity index (χ0) is 14.6. The van der Waals surface area contributed by atoms with Gasteiger partial charge in [-0.15, -0.1) is 5.10 Å². The predicted molar refractivity (Wildman–Crippen MR) is 80.2 cm³/mol. The minimum absolute atomic E-state index is 0.295. The summed E-state index contributed by atoms with van der Waals surface area (Å²) in [6.45, 7) is 2.03. The summed E-state index contributed by atoms with van der Waals surface area (Å²) in [5, 5.41) is 9.80. The Bertz CT molecular complexity index is 984. The van der Waals surface area contributed by atoms with Crippen LogP contribution in [-0.4, -0.2) is 29.4 Å². The van der Waals surface area contributed by atoms with Crippen molar-refractivity contribution in [3.8, 4) is 11.4 Å². The van der Waals surface area contributed by atoms with E-state index in [2.05, 4.69) is 20.2 Å². The summed E-state index contributed by atoms with van der Waals surface area (Å²) in [5.74, 6) is 0.584. The highest BCUT2D eigenvalue weighted by Crippen LogP contribution is 2.24. The molecule has 4 aromatic rings. The van der Waals surface area contributed by atoms with E-state index in [1.54, 1.807) is 15.4 Å². The SMILES string of the molecule is Cc1ccc2nc(Cl)n3nc(-c4cnn(C)c4)nc3c2c1. The van der Waals surface area contributed by atoms with Crippen LogP contribution in [0.15, 0.2) is 30.6 Å². The average molecular weight is 299 g/mol. The van der Waals surface area contributed by atoms with E-state index in [-0.39, 0.29) is 0 Å². The fourth-order valence-corrected chi connectivity index (χ4v) is 2.56. The first kappa shape index (κ1) is 12.3. The highest BCUT2D eigenvalue weighted by Gasteiger charge is 2.14. The number of hydrogen-bond acceptors (Lipinski definition) is 4. The Morgan fingerprint density at radius 3 is 2.81 bits per heavy atom. The van der Waals surface area contributed by atoms with E-state index in [1.165, 1.54) is 0 Å².